The standard InChI is InChI=1S/C17H27NO2/c1-5-10-18-16(17(3,6-2)19-4)14-7-8-15-13(12-14)9-11-20-15/h7-8,12,16,18H,5-6,9-11H2,1-4H3. The molecule has 1 aliphatic rings. The number of rotatable bonds is 7. The lowest BCUT2D eigenvalue weighted by atomic mass is 9.86. The Morgan fingerprint density at radius 1 is 1.40 bits per heavy atom. The van der Waals surface area contributed by atoms with Crippen molar-refractivity contribution >= 4 is 0 Å². The number of nitrogens with one attached hydrogen (secondary N) is 1. The van der Waals surface area contributed by atoms with E-state index < -0.39 is 0 Å². The Bertz CT molecular complexity index is 441. The third-order valence-corrected chi connectivity index (χ3v) is 4.42. The second kappa shape index (κ2) is 6.59. The molecule has 0 radical (unpaired) electrons. The fourth-order valence-electron chi connectivity index (χ4n) is 2.83. The second-order valence-corrected chi connectivity index (χ2v) is 5.72. The van der Waals surface area contributed by atoms with Gasteiger partial charge in [-0.2, -0.15) is 0 Å². The molecule has 0 aliphatic carbocycles. The Morgan fingerprint density at radius 2 is 2.20 bits per heavy atom. The van der Waals surface area contributed by atoms with Crippen LogP contribution in [0.25, 0.3) is 0 Å². The van der Waals surface area contributed by atoms with Crippen molar-refractivity contribution in [3.05, 3.63) is 29.3 Å². The van der Waals surface area contributed by atoms with Crippen LogP contribution in [0.2, 0.25) is 0 Å². The van der Waals surface area contributed by atoms with Gasteiger partial charge in [-0.15, -0.1) is 0 Å². The minimum atomic E-state index is -0.192. The summed E-state index contributed by atoms with van der Waals surface area (Å²) in [6, 6.07) is 6.76. The molecule has 0 bridgehead atoms. The van der Waals surface area contributed by atoms with Crippen LogP contribution in [-0.4, -0.2) is 25.9 Å². The van der Waals surface area contributed by atoms with Crippen molar-refractivity contribution in [3.63, 3.8) is 0 Å². The van der Waals surface area contributed by atoms with Crippen molar-refractivity contribution in [2.45, 2.75) is 51.7 Å². The van der Waals surface area contributed by atoms with Gasteiger partial charge in [0.1, 0.15) is 5.75 Å². The lowest BCUT2D eigenvalue weighted by molar-refractivity contribution is -0.0299. The molecule has 0 saturated carbocycles. The fourth-order valence-corrected chi connectivity index (χ4v) is 2.83. The highest BCUT2D eigenvalue weighted by atomic mass is 16.5. The molecule has 1 N–H and O–H groups in total. The van der Waals surface area contributed by atoms with E-state index in [4.69, 9.17) is 9.47 Å². The van der Waals surface area contributed by atoms with Crippen LogP contribution in [0.3, 0.4) is 0 Å². The highest BCUT2D eigenvalue weighted by molar-refractivity contribution is 5.41. The van der Waals surface area contributed by atoms with Gasteiger partial charge >= 0.3 is 0 Å². The Kier molecular flexibility index (Phi) is 5.06. The zero-order chi connectivity index (χ0) is 14.6. The molecule has 3 nitrogen and oxygen atoms in total. The lowest BCUT2D eigenvalue weighted by Gasteiger charge is -2.37. The van der Waals surface area contributed by atoms with E-state index in [0.717, 1.165) is 38.2 Å². The first-order valence-corrected chi connectivity index (χ1v) is 7.68. The van der Waals surface area contributed by atoms with Crippen molar-refractivity contribution < 1.29 is 9.47 Å². The number of fused-ring (bicyclic) bond motifs is 1. The topological polar surface area (TPSA) is 30.5 Å². The minimum absolute atomic E-state index is 0.192. The lowest BCUT2D eigenvalue weighted by Crippen LogP contribution is -2.43. The first-order valence-electron chi connectivity index (χ1n) is 7.68. The summed E-state index contributed by atoms with van der Waals surface area (Å²) in [4.78, 5) is 0. The van der Waals surface area contributed by atoms with E-state index in [0.29, 0.717) is 0 Å². The molecule has 2 unspecified atom stereocenters. The van der Waals surface area contributed by atoms with Crippen LogP contribution >= 0.6 is 0 Å². The molecule has 1 aliphatic heterocycles. The monoisotopic (exact) mass is 277 g/mol. The van der Waals surface area contributed by atoms with Crippen LogP contribution in [0.5, 0.6) is 5.75 Å². The van der Waals surface area contributed by atoms with Crippen LogP contribution < -0.4 is 10.1 Å². The number of ether oxygens (including phenoxy) is 2. The molecule has 2 atom stereocenters. The van der Waals surface area contributed by atoms with E-state index in [1.165, 1.54) is 11.1 Å². The van der Waals surface area contributed by atoms with E-state index in [1.807, 2.05) is 0 Å². The van der Waals surface area contributed by atoms with Crippen LogP contribution in [0, 0.1) is 0 Å². The van der Waals surface area contributed by atoms with Gasteiger partial charge in [-0.05, 0) is 43.5 Å². The molecule has 1 aromatic carbocycles. The Balaban J connectivity index is 2.30. The molecule has 1 heterocycles. The Hall–Kier alpha value is -1.06. The molecule has 0 spiro atoms. The van der Waals surface area contributed by atoms with Gasteiger partial charge in [-0.3, -0.25) is 0 Å². The first kappa shape index (κ1) is 15.3. The molecule has 0 amide bonds. The average Bonchev–Trinajstić information content (AvgIpc) is 2.94. The minimum Gasteiger partial charge on any atom is -0.493 e. The normalized spacial score (nSPS) is 18.2. The molecule has 3 heteroatoms. The summed E-state index contributed by atoms with van der Waals surface area (Å²) < 4.78 is 11.4. The summed E-state index contributed by atoms with van der Waals surface area (Å²) in [6.45, 7) is 8.36. The largest absolute Gasteiger partial charge is 0.493 e. The average molecular weight is 277 g/mol. The third kappa shape index (κ3) is 2.99. The predicted octanol–water partition coefficient (Wildman–Crippen LogP) is 3.48. The van der Waals surface area contributed by atoms with E-state index in [2.05, 4.69) is 44.3 Å². The van der Waals surface area contributed by atoms with Crippen LogP contribution in [0.4, 0.5) is 0 Å². The van der Waals surface area contributed by atoms with Crippen molar-refractivity contribution in [1.29, 1.82) is 0 Å². The second-order valence-electron chi connectivity index (χ2n) is 5.72. The van der Waals surface area contributed by atoms with Crippen molar-refractivity contribution in [1.82, 2.24) is 5.32 Å². The zero-order valence-corrected chi connectivity index (χ0v) is 13.2. The maximum Gasteiger partial charge on any atom is 0.122 e. The molecule has 0 fully saturated rings. The van der Waals surface area contributed by atoms with Gasteiger partial charge in [0.15, 0.2) is 0 Å². The molecule has 20 heavy (non-hydrogen) atoms. The number of methoxy groups -OCH3 is 1. The highest BCUT2D eigenvalue weighted by Gasteiger charge is 2.34. The van der Waals surface area contributed by atoms with E-state index in [-0.39, 0.29) is 11.6 Å². The summed E-state index contributed by atoms with van der Waals surface area (Å²) >= 11 is 0. The van der Waals surface area contributed by atoms with Crippen molar-refractivity contribution in [3.8, 4) is 5.75 Å². The quantitative estimate of drug-likeness (QED) is 0.827. The summed E-state index contributed by atoms with van der Waals surface area (Å²) in [7, 11) is 1.81. The van der Waals surface area contributed by atoms with Gasteiger partial charge in [0, 0.05) is 13.5 Å². The Morgan fingerprint density at radius 3 is 2.85 bits per heavy atom. The number of hydrogen-bond acceptors (Lipinski definition) is 3. The summed E-state index contributed by atoms with van der Waals surface area (Å²) in [6.07, 6.45) is 3.10. The van der Waals surface area contributed by atoms with Gasteiger partial charge in [0.25, 0.3) is 0 Å². The van der Waals surface area contributed by atoms with Gasteiger partial charge in [-0.1, -0.05) is 26.0 Å². The molecule has 1 aromatic rings. The van der Waals surface area contributed by atoms with Gasteiger partial charge in [0.2, 0.25) is 0 Å². The fraction of sp³-hybridized carbons (Fsp3) is 0.647. The van der Waals surface area contributed by atoms with Gasteiger partial charge < -0.3 is 14.8 Å². The van der Waals surface area contributed by atoms with Crippen LogP contribution in [-0.2, 0) is 11.2 Å². The highest BCUT2D eigenvalue weighted by Crippen LogP contribution is 2.35. The van der Waals surface area contributed by atoms with E-state index in [9.17, 15) is 0 Å². The summed E-state index contributed by atoms with van der Waals surface area (Å²) in [5.41, 5.74) is 2.43. The summed E-state index contributed by atoms with van der Waals surface area (Å²) in [5, 5.41) is 3.65. The number of benzene rings is 1. The molecular formula is C17H27NO2. The molecule has 112 valence electrons. The van der Waals surface area contributed by atoms with Gasteiger partial charge in [-0.25, -0.2) is 0 Å². The Labute approximate surface area is 122 Å². The predicted molar refractivity (Wildman–Crippen MR) is 82.4 cm³/mol. The maximum absolute atomic E-state index is 5.83. The van der Waals surface area contributed by atoms with E-state index >= 15 is 0 Å². The first-order chi connectivity index (χ1) is 9.64. The summed E-state index contributed by atoms with van der Waals surface area (Å²) in [5.74, 6) is 1.04. The van der Waals surface area contributed by atoms with Crippen LogP contribution in [0.15, 0.2) is 18.2 Å². The molecule has 0 saturated heterocycles. The third-order valence-electron chi connectivity index (χ3n) is 4.42. The number of hydrogen-bond donors (Lipinski definition) is 1. The van der Waals surface area contributed by atoms with Crippen molar-refractivity contribution in [2.75, 3.05) is 20.3 Å². The van der Waals surface area contributed by atoms with E-state index in [1.54, 1.807) is 7.11 Å². The van der Waals surface area contributed by atoms with Gasteiger partial charge in [0.05, 0.1) is 18.2 Å². The molecule has 0 aromatic heterocycles. The maximum atomic E-state index is 5.83. The van der Waals surface area contributed by atoms with Crippen molar-refractivity contribution in [2.24, 2.45) is 0 Å². The SMILES string of the molecule is CCCNC(c1ccc2c(c1)CCO2)C(C)(CC)OC. The smallest absolute Gasteiger partial charge is 0.122 e. The van der Waals surface area contributed by atoms with Crippen LogP contribution in [0.1, 0.15) is 50.8 Å². The zero-order valence-electron chi connectivity index (χ0n) is 13.2. The molecular weight excluding hydrogens is 250 g/mol. The molecule has 2 rings (SSSR count).